The third kappa shape index (κ3) is 7.27. The highest BCUT2D eigenvalue weighted by molar-refractivity contribution is 6.23. The Hall–Kier alpha value is -1.39. The number of hydrogen-bond acceptors (Lipinski definition) is 5. The summed E-state index contributed by atoms with van der Waals surface area (Å²) in [5.41, 5.74) is 0. The van der Waals surface area contributed by atoms with Gasteiger partial charge in [-0.3, -0.25) is 9.79 Å². The molecule has 80 valence electrons. The SMILES string of the molecule is CCOC(=O)C=NCCC(=O)OCC. The summed E-state index contributed by atoms with van der Waals surface area (Å²) in [5.74, 6) is -0.801. The van der Waals surface area contributed by atoms with Crippen LogP contribution in [0.25, 0.3) is 0 Å². The molecular formula is C9H15NO4. The molecule has 0 heterocycles. The van der Waals surface area contributed by atoms with E-state index in [1.165, 1.54) is 0 Å². The van der Waals surface area contributed by atoms with Gasteiger partial charge < -0.3 is 9.47 Å². The number of rotatable bonds is 6. The zero-order valence-electron chi connectivity index (χ0n) is 8.49. The standard InChI is InChI=1S/C9H15NO4/c1-3-13-8(11)5-6-10-7-9(12)14-4-2/h7H,3-6H2,1-2H3. The van der Waals surface area contributed by atoms with E-state index in [0.717, 1.165) is 6.21 Å². The molecule has 5 nitrogen and oxygen atoms in total. The monoisotopic (exact) mass is 201 g/mol. The van der Waals surface area contributed by atoms with Crippen molar-refractivity contribution in [3.05, 3.63) is 0 Å². The fourth-order valence-corrected chi connectivity index (χ4v) is 0.708. The lowest BCUT2D eigenvalue weighted by Gasteiger charge is -1.98. The normalized spacial score (nSPS) is 10.1. The molecule has 0 saturated heterocycles. The second-order valence-electron chi connectivity index (χ2n) is 2.34. The number of nitrogens with zero attached hydrogens (tertiary/aromatic N) is 1. The van der Waals surface area contributed by atoms with Crippen LogP contribution in [0.4, 0.5) is 0 Å². The summed E-state index contributed by atoms with van der Waals surface area (Å²) in [6.07, 6.45) is 1.26. The molecule has 5 heteroatoms. The maximum atomic E-state index is 10.8. The largest absolute Gasteiger partial charge is 0.466 e. The van der Waals surface area contributed by atoms with Gasteiger partial charge in [-0.1, -0.05) is 0 Å². The molecule has 0 aromatic heterocycles. The van der Waals surface area contributed by atoms with Crippen molar-refractivity contribution in [2.45, 2.75) is 20.3 Å². The molecule has 0 aromatic carbocycles. The Balaban J connectivity index is 3.52. The molecule has 0 radical (unpaired) electrons. The van der Waals surface area contributed by atoms with Gasteiger partial charge >= 0.3 is 11.9 Å². The highest BCUT2D eigenvalue weighted by Crippen LogP contribution is 1.86. The number of hydrogen-bond donors (Lipinski definition) is 0. The highest BCUT2D eigenvalue weighted by Gasteiger charge is 1.99. The number of carbonyl (C=O) groups is 2. The van der Waals surface area contributed by atoms with Crippen molar-refractivity contribution in [3.63, 3.8) is 0 Å². The first-order valence-electron chi connectivity index (χ1n) is 4.52. The second-order valence-corrected chi connectivity index (χ2v) is 2.34. The molecule has 0 spiro atoms. The minimum absolute atomic E-state index is 0.184. The van der Waals surface area contributed by atoms with Crippen LogP contribution < -0.4 is 0 Å². The first kappa shape index (κ1) is 12.6. The van der Waals surface area contributed by atoms with Crippen molar-refractivity contribution in [3.8, 4) is 0 Å². The Morgan fingerprint density at radius 1 is 1.21 bits per heavy atom. The molecule has 0 saturated carbocycles. The number of esters is 2. The molecule has 0 fully saturated rings. The summed E-state index contributed by atoms with van der Waals surface area (Å²) in [5, 5.41) is 0. The van der Waals surface area contributed by atoms with Crippen molar-refractivity contribution < 1.29 is 19.1 Å². The zero-order chi connectivity index (χ0) is 10.8. The van der Waals surface area contributed by atoms with Gasteiger partial charge in [0.05, 0.1) is 19.6 Å². The minimum atomic E-state index is -0.489. The van der Waals surface area contributed by atoms with Gasteiger partial charge in [0.15, 0.2) is 0 Å². The van der Waals surface area contributed by atoms with Gasteiger partial charge in [0.2, 0.25) is 0 Å². The summed E-state index contributed by atoms with van der Waals surface area (Å²) < 4.78 is 9.26. The first-order valence-corrected chi connectivity index (χ1v) is 4.52. The van der Waals surface area contributed by atoms with E-state index >= 15 is 0 Å². The van der Waals surface area contributed by atoms with Crippen LogP contribution >= 0.6 is 0 Å². The predicted molar refractivity (Wildman–Crippen MR) is 51.2 cm³/mol. The van der Waals surface area contributed by atoms with Crippen LogP contribution in [0.15, 0.2) is 4.99 Å². The molecule has 14 heavy (non-hydrogen) atoms. The van der Waals surface area contributed by atoms with E-state index in [9.17, 15) is 9.59 Å². The fraction of sp³-hybridized carbons (Fsp3) is 0.667. The van der Waals surface area contributed by atoms with Crippen molar-refractivity contribution >= 4 is 18.2 Å². The van der Waals surface area contributed by atoms with Crippen LogP contribution in [0.2, 0.25) is 0 Å². The molecule has 0 amide bonds. The molecule has 0 N–H and O–H groups in total. The maximum Gasteiger partial charge on any atom is 0.348 e. The summed E-state index contributed by atoms with van der Waals surface area (Å²) >= 11 is 0. The topological polar surface area (TPSA) is 65.0 Å². The molecule has 0 aromatic rings. The van der Waals surface area contributed by atoms with Gasteiger partial charge in [0, 0.05) is 6.54 Å². The number of carbonyl (C=O) groups excluding carboxylic acids is 2. The van der Waals surface area contributed by atoms with Crippen LogP contribution in [-0.2, 0) is 19.1 Å². The first-order chi connectivity index (χ1) is 6.70. The van der Waals surface area contributed by atoms with E-state index < -0.39 is 5.97 Å². The third-order valence-corrected chi connectivity index (χ3v) is 1.23. The van der Waals surface area contributed by atoms with Gasteiger partial charge in [-0.15, -0.1) is 0 Å². The predicted octanol–water partition coefficient (Wildman–Crippen LogP) is 0.573. The van der Waals surface area contributed by atoms with Gasteiger partial charge in [-0.2, -0.15) is 0 Å². The summed E-state index contributed by atoms with van der Waals surface area (Å²) in [7, 11) is 0. The number of aliphatic imine (C=N–C) groups is 1. The fourth-order valence-electron chi connectivity index (χ4n) is 0.708. The maximum absolute atomic E-state index is 10.8. The molecule has 0 atom stereocenters. The van der Waals surface area contributed by atoms with Crippen molar-refractivity contribution in [2.75, 3.05) is 19.8 Å². The summed E-state index contributed by atoms with van der Waals surface area (Å²) in [6.45, 7) is 4.38. The Morgan fingerprint density at radius 2 is 1.86 bits per heavy atom. The number of ether oxygens (including phenoxy) is 2. The Labute approximate surface area is 83.1 Å². The van der Waals surface area contributed by atoms with E-state index in [2.05, 4.69) is 14.5 Å². The molecule has 0 aliphatic heterocycles. The average Bonchev–Trinajstić information content (AvgIpc) is 2.13. The van der Waals surface area contributed by atoms with Gasteiger partial charge in [0.25, 0.3) is 0 Å². The molecule has 0 aliphatic rings. The molecule has 0 bridgehead atoms. The molecule has 0 unspecified atom stereocenters. The summed E-state index contributed by atoms with van der Waals surface area (Å²) in [4.78, 5) is 25.2. The van der Waals surface area contributed by atoms with Gasteiger partial charge in [0.1, 0.15) is 6.21 Å². The average molecular weight is 201 g/mol. The van der Waals surface area contributed by atoms with E-state index in [-0.39, 0.29) is 18.9 Å². The lowest BCUT2D eigenvalue weighted by Crippen LogP contribution is -2.08. The van der Waals surface area contributed by atoms with Gasteiger partial charge in [-0.05, 0) is 13.8 Å². The third-order valence-electron chi connectivity index (χ3n) is 1.23. The second kappa shape index (κ2) is 8.22. The Kier molecular flexibility index (Phi) is 7.40. The van der Waals surface area contributed by atoms with Gasteiger partial charge in [-0.25, -0.2) is 4.79 Å². The van der Waals surface area contributed by atoms with E-state index in [0.29, 0.717) is 13.2 Å². The van der Waals surface area contributed by atoms with Crippen molar-refractivity contribution in [1.82, 2.24) is 0 Å². The quantitative estimate of drug-likeness (QED) is 0.465. The lowest BCUT2D eigenvalue weighted by molar-refractivity contribution is -0.143. The minimum Gasteiger partial charge on any atom is -0.466 e. The van der Waals surface area contributed by atoms with Crippen molar-refractivity contribution in [1.29, 1.82) is 0 Å². The van der Waals surface area contributed by atoms with E-state index in [1.54, 1.807) is 13.8 Å². The van der Waals surface area contributed by atoms with Crippen LogP contribution in [0, 0.1) is 0 Å². The highest BCUT2D eigenvalue weighted by atomic mass is 16.5. The molecular weight excluding hydrogens is 186 g/mol. The van der Waals surface area contributed by atoms with E-state index in [4.69, 9.17) is 0 Å². The lowest BCUT2D eigenvalue weighted by atomic mass is 10.4. The smallest absolute Gasteiger partial charge is 0.348 e. The van der Waals surface area contributed by atoms with Crippen LogP contribution in [0.3, 0.4) is 0 Å². The molecule has 0 rings (SSSR count). The Morgan fingerprint density at radius 3 is 2.43 bits per heavy atom. The van der Waals surface area contributed by atoms with Crippen LogP contribution in [-0.4, -0.2) is 37.9 Å². The summed E-state index contributed by atoms with van der Waals surface area (Å²) in [6, 6.07) is 0. The zero-order valence-corrected chi connectivity index (χ0v) is 8.49. The van der Waals surface area contributed by atoms with Crippen molar-refractivity contribution in [2.24, 2.45) is 4.99 Å². The Bertz CT molecular complexity index is 213. The van der Waals surface area contributed by atoms with E-state index in [1.807, 2.05) is 0 Å². The van der Waals surface area contributed by atoms with Crippen LogP contribution in [0.5, 0.6) is 0 Å². The molecule has 0 aliphatic carbocycles. The van der Waals surface area contributed by atoms with Crippen LogP contribution in [0.1, 0.15) is 20.3 Å².